The third-order valence-corrected chi connectivity index (χ3v) is 4.65. The van der Waals surface area contributed by atoms with Crippen LogP contribution in [-0.2, 0) is 14.4 Å². The van der Waals surface area contributed by atoms with Gasteiger partial charge < -0.3 is 4.74 Å². The van der Waals surface area contributed by atoms with Gasteiger partial charge in [0, 0.05) is 11.1 Å². The number of esters is 1. The maximum atomic E-state index is 12.6. The number of nitrogens with one attached hydrogen (secondary N) is 1. The van der Waals surface area contributed by atoms with Crippen LogP contribution in [0.2, 0.25) is 0 Å². The van der Waals surface area contributed by atoms with Gasteiger partial charge in [-0.1, -0.05) is 72.4 Å². The fourth-order valence-electron chi connectivity index (χ4n) is 2.26. The Morgan fingerprint density at radius 3 is 2.41 bits per heavy atom. The molecule has 0 aromatic heterocycles. The summed E-state index contributed by atoms with van der Waals surface area (Å²) in [5, 5.41) is 5.14. The molecular formula is C17H16N2O2S. The van der Waals surface area contributed by atoms with Crippen molar-refractivity contribution in [1.82, 2.24) is 5.43 Å². The van der Waals surface area contributed by atoms with Gasteiger partial charge in [-0.3, -0.25) is 5.43 Å². The van der Waals surface area contributed by atoms with Crippen molar-refractivity contribution in [2.24, 2.45) is 5.10 Å². The van der Waals surface area contributed by atoms with Crippen LogP contribution in [0.4, 0.5) is 0 Å². The van der Waals surface area contributed by atoms with Crippen LogP contribution in [0.3, 0.4) is 0 Å². The Labute approximate surface area is 133 Å². The van der Waals surface area contributed by atoms with Crippen molar-refractivity contribution in [2.75, 3.05) is 6.61 Å². The number of rotatable bonds is 4. The van der Waals surface area contributed by atoms with Gasteiger partial charge >= 0.3 is 5.97 Å². The molecule has 4 nitrogen and oxygen atoms in total. The molecule has 0 amide bonds. The summed E-state index contributed by atoms with van der Waals surface area (Å²) in [5.41, 5.74) is 4.80. The molecule has 1 unspecified atom stereocenters. The fourth-order valence-corrected chi connectivity index (χ4v) is 3.38. The molecule has 0 saturated carbocycles. The lowest BCUT2D eigenvalue weighted by Crippen LogP contribution is -2.42. The van der Waals surface area contributed by atoms with Crippen LogP contribution in [0.25, 0.3) is 0 Å². The summed E-state index contributed by atoms with van der Waals surface area (Å²) in [6, 6.07) is 19.3. The highest BCUT2D eigenvalue weighted by Gasteiger charge is 2.47. The van der Waals surface area contributed by atoms with E-state index in [2.05, 4.69) is 10.5 Å². The van der Waals surface area contributed by atoms with E-state index in [1.54, 1.807) is 6.92 Å². The number of benzene rings is 2. The van der Waals surface area contributed by atoms with Crippen molar-refractivity contribution in [3.05, 3.63) is 71.8 Å². The zero-order valence-electron chi connectivity index (χ0n) is 12.2. The first-order valence-corrected chi connectivity index (χ1v) is 7.90. The van der Waals surface area contributed by atoms with Gasteiger partial charge in [0.25, 0.3) is 0 Å². The molecule has 0 bridgehead atoms. The summed E-state index contributed by atoms with van der Waals surface area (Å²) < 4.78 is 5.27. The minimum atomic E-state index is -1.03. The Morgan fingerprint density at radius 1 is 1.14 bits per heavy atom. The number of carbonyl (C=O) groups is 1. The summed E-state index contributed by atoms with van der Waals surface area (Å²) in [7, 11) is 0. The van der Waals surface area contributed by atoms with E-state index in [0.29, 0.717) is 6.61 Å². The molecule has 22 heavy (non-hydrogen) atoms. The molecule has 0 spiro atoms. The molecule has 1 heterocycles. The zero-order valence-corrected chi connectivity index (χ0v) is 13.0. The van der Waals surface area contributed by atoms with Gasteiger partial charge in [0.1, 0.15) is 5.04 Å². The van der Waals surface area contributed by atoms with Gasteiger partial charge in [-0.25, -0.2) is 4.79 Å². The molecule has 0 fully saturated rings. The van der Waals surface area contributed by atoms with Crippen molar-refractivity contribution in [3.63, 3.8) is 0 Å². The molecule has 112 valence electrons. The van der Waals surface area contributed by atoms with E-state index in [1.807, 2.05) is 60.7 Å². The monoisotopic (exact) mass is 312 g/mol. The molecule has 2 aromatic rings. The van der Waals surface area contributed by atoms with Crippen molar-refractivity contribution < 1.29 is 9.53 Å². The summed E-state index contributed by atoms with van der Waals surface area (Å²) in [5.74, 6) is -0.333. The predicted octanol–water partition coefficient (Wildman–Crippen LogP) is 3.10. The highest BCUT2D eigenvalue weighted by atomic mass is 32.2. The van der Waals surface area contributed by atoms with Gasteiger partial charge in [-0.05, 0) is 6.92 Å². The number of carbonyl (C=O) groups excluding carboxylic acids is 1. The van der Waals surface area contributed by atoms with Gasteiger partial charge in [-0.2, -0.15) is 5.10 Å². The number of hydrogen-bond donors (Lipinski definition) is 1. The lowest BCUT2D eigenvalue weighted by Gasteiger charge is -2.25. The summed E-state index contributed by atoms with van der Waals surface area (Å²) >= 11 is 1.38. The van der Waals surface area contributed by atoms with E-state index in [0.717, 1.165) is 16.2 Å². The van der Waals surface area contributed by atoms with Crippen LogP contribution < -0.4 is 5.43 Å². The SMILES string of the molecule is CCOC(=O)C1(c2ccccc2)NN=C(c2ccccc2)S1. The van der Waals surface area contributed by atoms with Crippen LogP contribution in [0.1, 0.15) is 18.1 Å². The maximum Gasteiger partial charge on any atom is 0.349 e. The van der Waals surface area contributed by atoms with E-state index in [9.17, 15) is 4.79 Å². The molecule has 1 atom stereocenters. The van der Waals surface area contributed by atoms with Crippen LogP contribution in [0.15, 0.2) is 65.8 Å². The molecule has 1 N–H and O–H groups in total. The Hall–Kier alpha value is -2.27. The van der Waals surface area contributed by atoms with E-state index in [1.165, 1.54) is 11.8 Å². The highest BCUT2D eigenvalue weighted by molar-refractivity contribution is 8.16. The molecule has 1 aliphatic rings. The van der Waals surface area contributed by atoms with Crippen LogP contribution in [-0.4, -0.2) is 17.6 Å². The molecule has 2 aromatic carbocycles. The van der Waals surface area contributed by atoms with Crippen molar-refractivity contribution in [2.45, 2.75) is 11.8 Å². The normalized spacial score (nSPS) is 20.1. The standard InChI is InChI=1S/C17H16N2O2S/c1-2-21-16(20)17(14-11-7-4-8-12-14)19-18-15(22-17)13-9-5-3-6-10-13/h3-12,19H,2H2,1H3. The minimum absolute atomic E-state index is 0.330. The first-order chi connectivity index (χ1) is 10.8. The van der Waals surface area contributed by atoms with Gasteiger partial charge in [0.15, 0.2) is 0 Å². The van der Waals surface area contributed by atoms with E-state index >= 15 is 0 Å². The lowest BCUT2D eigenvalue weighted by molar-refractivity contribution is -0.147. The second-order valence-electron chi connectivity index (χ2n) is 4.76. The topological polar surface area (TPSA) is 50.7 Å². The maximum absolute atomic E-state index is 12.6. The second-order valence-corrected chi connectivity index (χ2v) is 5.97. The molecule has 0 radical (unpaired) electrons. The zero-order chi connectivity index (χ0) is 15.4. The number of hydrazone groups is 1. The van der Waals surface area contributed by atoms with Crippen molar-refractivity contribution in [3.8, 4) is 0 Å². The Balaban J connectivity index is 1.95. The third-order valence-electron chi connectivity index (χ3n) is 3.33. The molecule has 5 heteroatoms. The Morgan fingerprint density at radius 2 is 1.77 bits per heavy atom. The van der Waals surface area contributed by atoms with Crippen LogP contribution >= 0.6 is 11.8 Å². The minimum Gasteiger partial charge on any atom is -0.463 e. The average Bonchev–Trinajstić information content (AvgIpc) is 3.03. The number of thioether (sulfide) groups is 1. The number of hydrogen-bond acceptors (Lipinski definition) is 5. The van der Waals surface area contributed by atoms with Gasteiger partial charge in [-0.15, -0.1) is 0 Å². The van der Waals surface area contributed by atoms with E-state index < -0.39 is 4.87 Å². The molecule has 0 saturated heterocycles. The van der Waals surface area contributed by atoms with Crippen molar-refractivity contribution >= 4 is 22.8 Å². The quantitative estimate of drug-likeness (QED) is 0.881. The second kappa shape index (κ2) is 6.23. The third kappa shape index (κ3) is 2.60. The van der Waals surface area contributed by atoms with Crippen LogP contribution in [0.5, 0.6) is 0 Å². The first-order valence-electron chi connectivity index (χ1n) is 7.08. The largest absolute Gasteiger partial charge is 0.463 e. The molecule has 0 aliphatic carbocycles. The lowest BCUT2D eigenvalue weighted by atomic mass is 10.1. The summed E-state index contributed by atoms with van der Waals surface area (Å²) in [4.78, 5) is 11.5. The fraction of sp³-hybridized carbons (Fsp3) is 0.176. The highest BCUT2D eigenvalue weighted by Crippen LogP contribution is 2.41. The number of nitrogens with zero attached hydrogens (tertiary/aromatic N) is 1. The van der Waals surface area contributed by atoms with Gasteiger partial charge in [0.05, 0.1) is 6.61 Å². The Kier molecular flexibility index (Phi) is 4.15. The summed E-state index contributed by atoms with van der Waals surface area (Å²) in [6.07, 6.45) is 0. The average molecular weight is 312 g/mol. The predicted molar refractivity (Wildman–Crippen MR) is 88.5 cm³/mol. The van der Waals surface area contributed by atoms with Crippen LogP contribution in [0, 0.1) is 0 Å². The summed E-state index contributed by atoms with van der Waals surface area (Å²) in [6.45, 7) is 2.13. The molecule has 3 rings (SSSR count). The van der Waals surface area contributed by atoms with Crippen molar-refractivity contribution in [1.29, 1.82) is 0 Å². The molecule has 1 aliphatic heterocycles. The number of ether oxygens (including phenoxy) is 1. The van der Waals surface area contributed by atoms with E-state index in [-0.39, 0.29) is 5.97 Å². The smallest absolute Gasteiger partial charge is 0.349 e. The van der Waals surface area contributed by atoms with E-state index in [4.69, 9.17) is 4.74 Å². The first kappa shape index (κ1) is 14.7. The molecular weight excluding hydrogens is 296 g/mol. The van der Waals surface area contributed by atoms with Gasteiger partial charge in [0.2, 0.25) is 4.87 Å². The Bertz CT molecular complexity index is 688.